The number of nitrogens with one attached hydrogen (secondary N) is 1. The Labute approximate surface area is 104 Å². The third-order valence-electron chi connectivity index (χ3n) is 3.19. The Morgan fingerprint density at radius 2 is 2.00 bits per heavy atom. The molecule has 1 aromatic carbocycles. The summed E-state index contributed by atoms with van der Waals surface area (Å²) >= 11 is 9.56. The quantitative estimate of drug-likeness (QED) is 0.613. The molecular formula is C12H15BrClN. The van der Waals surface area contributed by atoms with Crippen molar-refractivity contribution < 1.29 is 0 Å². The van der Waals surface area contributed by atoms with Gasteiger partial charge in [0.05, 0.1) is 4.95 Å². The molecule has 15 heavy (non-hydrogen) atoms. The second-order valence-corrected chi connectivity index (χ2v) is 5.58. The van der Waals surface area contributed by atoms with Gasteiger partial charge in [-0.25, -0.2) is 0 Å². The molecule has 0 bridgehead atoms. The van der Waals surface area contributed by atoms with E-state index in [1.54, 1.807) is 0 Å². The summed E-state index contributed by atoms with van der Waals surface area (Å²) in [6, 6.07) is 8.26. The molecule has 1 aliphatic rings. The minimum Gasteiger partial charge on any atom is -0.305 e. The molecule has 82 valence electrons. The van der Waals surface area contributed by atoms with Crippen molar-refractivity contribution in [2.45, 2.75) is 24.2 Å². The van der Waals surface area contributed by atoms with E-state index in [0.29, 0.717) is 16.8 Å². The standard InChI is InChI=1S/C12H15BrClN/c1-8-11(6-7-15-12(8)13)9-2-4-10(14)5-3-9/h2-5,8,11-12,15H,6-7H2,1H3. The molecule has 0 radical (unpaired) electrons. The molecule has 0 aromatic heterocycles. The van der Waals surface area contributed by atoms with Gasteiger partial charge in [-0.15, -0.1) is 0 Å². The van der Waals surface area contributed by atoms with Crippen LogP contribution in [0.1, 0.15) is 24.8 Å². The van der Waals surface area contributed by atoms with Crippen LogP contribution in [0, 0.1) is 5.92 Å². The Morgan fingerprint density at radius 1 is 1.33 bits per heavy atom. The molecule has 1 saturated heterocycles. The molecule has 1 aliphatic heterocycles. The van der Waals surface area contributed by atoms with E-state index in [1.807, 2.05) is 12.1 Å². The molecule has 0 amide bonds. The number of rotatable bonds is 1. The van der Waals surface area contributed by atoms with Gasteiger partial charge < -0.3 is 5.32 Å². The van der Waals surface area contributed by atoms with Gasteiger partial charge in [0.1, 0.15) is 0 Å². The molecule has 1 N–H and O–H groups in total. The Bertz CT molecular complexity index is 325. The van der Waals surface area contributed by atoms with E-state index in [0.717, 1.165) is 11.6 Å². The first-order valence-corrected chi connectivity index (χ1v) is 6.61. The van der Waals surface area contributed by atoms with Crippen LogP contribution in [-0.4, -0.2) is 11.5 Å². The zero-order valence-corrected chi connectivity index (χ0v) is 11.1. The van der Waals surface area contributed by atoms with E-state index in [4.69, 9.17) is 11.6 Å². The fourth-order valence-electron chi connectivity index (χ4n) is 2.21. The monoisotopic (exact) mass is 287 g/mol. The number of halogens is 2. The van der Waals surface area contributed by atoms with E-state index in [9.17, 15) is 0 Å². The lowest BCUT2D eigenvalue weighted by atomic mass is 9.82. The fraction of sp³-hybridized carbons (Fsp3) is 0.500. The molecule has 0 spiro atoms. The van der Waals surface area contributed by atoms with Crippen LogP contribution >= 0.6 is 27.5 Å². The van der Waals surface area contributed by atoms with Gasteiger partial charge in [0, 0.05) is 5.02 Å². The maximum absolute atomic E-state index is 5.89. The lowest BCUT2D eigenvalue weighted by molar-refractivity contribution is 0.331. The molecule has 0 saturated carbocycles. The molecule has 3 heteroatoms. The van der Waals surface area contributed by atoms with E-state index >= 15 is 0 Å². The third kappa shape index (κ3) is 2.55. The zero-order valence-electron chi connectivity index (χ0n) is 8.71. The summed E-state index contributed by atoms with van der Waals surface area (Å²) in [5.74, 6) is 1.24. The predicted octanol–water partition coefficient (Wildman–Crippen LogP) is 3.77. The maximum Gasteiger partial charge on any atom is 0.0662 e. The molecule has 1 nitrogen and oxygen atoms in total. The molecule has 1 fully saturated rings. The van der Waals surface area contributed by atoms with Gasteiger partial charge in [-0.3, -0.25) is 0 Å². The largest absolute Gasteiger partial charge is 0.305 e. The van der Waals surface area contributed by atoms with E-state index in [2.05, 4.69) is 40.3 Å². The van der Waals surface area contributed by atoms with Crippen LogP contribution in [0.2, 0.25) is 5.02 Å². The van der Waals surface area contributed by atoms with Crippen molar-refractivity contribution in [1.29, 1.82) is 0 Å². The predicted molar refractivity (Wildman–Crippen MR) is 68.7 cm³/mol. The van der Waals surface area contributed by atoms with Crippen molar-refractivity contribution in [3.05, 3.63) is 34.9 Å². The zero-order chi connectivity index (χ0) is 10.8. The highest BCUT2D eigenvalue weighted by Crippen LogP contribution is 2.35. The SMILES string of the molecule is CC1C(Br)NCCC1c1ccc(Cl)cc1. The van der Waals surface area contributed by atoms with Crippen LogP contribution < -0.4 is 5.32 Å². The van der Waals surface area contributed by atoms with Gasteiger partial charge in [0.25, 0.3) is 0 Å². The summed E-state index contributed by atoms with van der Waals surface area (Å²) in [6.07, 6.45) is 1.20. The number of hydrogen-bond acceptors (Lipinski definition) is 1. The lowest BCUT2D eigenvalue weighted by Gasteiger charge is -2.34. The highest BCUT2D eigenvalue weighted by atomic mass is 79.9. The van der Waals surface area contributed by atoms with Crippen molar-refractivity contribution >= 4 is 27.5 Å². The molecule has 0 aliphatic carbocycles. The van der Waals surface area contributed by atoms with Gasteiger partial charge >= 0.3 is 0 Å². The average molecular weight is 289 g/mol. The number of benzene rings is 1. The van der Waals surface area contributed by atoms with Gasteiger partial charge in [0.15, 0.2) is 0 Å². The molecule has 3 atom stereocenters. The van der Waals surface area contributed by atoms with Crippen molar-refractivity contribution in [1.82, 2.24) is 5.32 Å². The van der Waals surface area contributed by atoms with Gasteiger partial charge in [0.2, 0.25) is 0 Å². The van der Waals surface area contributed by atoms with E-state index < -0.39 is 0 Å². The third-order valence-corrected chi connectivity index (χ3v) is 4.60. The maximum atomic E-state index is 5.89. The number of piperidine rings is 1. The highest BCUT2D eigenvalue weighted by molar-refractivity contribution is 9.09. The summed E-state index contributed by atoms with van der Waals surface area (Å²) in [5.41, 5.74) is 1.40. The average Bonchev–Trinajstić information content (AvgIpc) is 2.24. The topological polar surface area (TPSA) is 12.0 Å². The van der Waals surface area contributed by atoms with Crippen LogP contribution in [0.4, 0.5) is 0 Å². The summed E-state index contributed by atoms with van der Waals surface area (Å²) in [6.45, 7) is 3.36. The molecule has 1 aromatic rings. The van der Waals surface area contributed by atoms with Crippen LogP contribution in [0.25, 0.3) is 0 Å². The van der Waals surface area contributed by atoms with Crippen molar-refractivity contribution in [3.8, 4) is 0 Å². The van der Waals surface area contributed by atoms with Gasteiger partial charge in [-0.2, -0.15) is 0 Å². The lowest BCUT2D eigenvalue weighted by Crippen LogP contribution is -2.39. The van der Waals surface area contributed by atoms with Crippen molar-refractivity contribution in [2.24, 2.45) is 5.92 Å². The van der Waals surface area contributed by atoms with Crippen molar-refractivity contribution in [2.75, 3.05) is 6.54 Å². The molecule has 2 rings (SSSR count). The second kappa shape index (κ2) is 4.86. The number of hydrogen-bond donors (Lipinski definition) is 1. The van der Waals surface area contributed by atoms with Crippen LogP contribution in [0.3, 0.4) is 0 Å². The minimum atomic E-state index is 0.423. The highest BCUT2D eigenvalue weighted by Gasteiger charge is 2.28. The Hall–Kier alpha value is -0.0500. The van der Waals surface area contributed by atoms with Gasteiger partial charge in [-0.1, -0.05) is 46.6 Å². The smallest absolute Gasteiger partial charge is 0.0662 e. The summed E-state index contributed by atoms with van der Waals surface area (Å²) in [7, 11) is 0. The summed E-state index contributed by atoms with van der Waals surface area (Å²) < 4.78 is 0. The summed E-state index contributed by atoms with van der Waals surface area (Å²) in [5, 5.41) is 4.25. The first-order chi connectivity index (χ1) is 7.18. The Morgan fingerprint density at radius 3 is 2.67 bits per heavy atom. The van der Waals surface area contributed by atoms with Crippen LogP contribution in [-0.2, 0) is 0 Å². The summed E-state index contributed by atoms with van der Waals surface area (Å²) in [4.78, 5) is 0.423. The van der Waals surface area contributed by atoms with E-state index in [-0.39, 0.29) is 0 Å². The minimum absolute atomic E-state index is 0.423. The molecule has 1 heterocycles. The van der Waals surface area contributed by atoms with Gasteiger partial charge in [-0.05, 0) is 42.5 Å². The first-order valence-electron chi connectivity index (χ1n) is 5.31. The normalized spacial score (nSPS) is 31.5. The number of alkyl halides is 1. The Balaban J connectivity index is 2.18. The van der Waals surface area contributed by atoms with Crippen LogP contribution in [0.15, 0.2) is 24.3 Å². The fourth-order valence-corrected chi connectivity index (χ4v) is 2.93. The second-order valence-electron chi connectivity index (χ2n) is 4.16. The van der Waals surface area contributed by atoms with E-state index in [1.165, 1.54) is 12.0 Å². The van der Waals surface area contributed by atoms with Crippen molar-refractivity contribution in [3.63, 3.8) is 0 Å². The first kappa shape index (κ1) is 11.4. The Kier molecular flexibility index (Phi) is 3.70. The molecular weight excluding hydrogens is 273 g/mol. The van der Waals surface area contributed by atoms with Crippen LogP contribution in [0.5, 0.6) is 0 Å². The molecule has 3 unspecified atom stereocenters.